The van der Waals surface area contributed by atoms with Gasteiger partial charge in [-0.1, -0.05) is 60.7 Å². The van der Waals surface area contributed by atoms with Crippen LogP contribution in [0.15, 0.2) is 60.7 Å². The monoisotopic (exact) mass is 408 g/mol. The number of carboxylic acids is 1. The van der Waals surface area contributed by atoms with Gasteiger partial charge in [-0.15, -0.1) is 0 Å². The lowest BCUT2D eigenvalue weighted by Crippen LogP contribution is -2.51. The van der Waals surface area contributed by atoms with E-state index in [-0.39, 0.29) is 18.6 Å². The van der Waals surface area contributed by atoms with Crippen molar-refractivity contribution in [3.63, 3.8) is 0 Å². The highest BCUT2D eigenvalue weighted by Gasteiger charge is 2.50. The summed E-state index contributed by atoms with van der Waals surface area (Å²) in [5, 5.41) is 13.0. The summed E-state index contributed by atoms with van der Waals surface area (Å²) in [6.07, 6.45) is -1.46. The Labute approximate surface area is 174 Å². The first-order chi connectivity index (χ1) is 14.5. The summed E-state index contributed by atoms with van der Waals surface area (Å²) < 4.78 is 12.1. The van der Waals surface area contributed by atoms with Gasteiger partial charge in [-0.25, -0.2) is 4.79 Å². The fourth-order valence-corrected chi connectivity index (χ4v) is 3.35. The summed E-state index contributed by atoms with van der Waals surface area (Å²) in [5.74, 6) is -0.529. The van der Waals surface area contributed by atoms with E-state index >= 15 is 0 Å². The SMILES string of the molecule is CCOC(c1ccccc1)(c1ccccc1)C(Oc1nc(C)nc(NC)n1)C(=O)O. The molecule has 1 heterocycles. The molecule has 0 aliphatic heterocycles. The largest absolute Gasteiger partial charge is 0.478 e. The molecule has 2 aromatic carbocycles. The van der Waals surface area contributed by atoms with Crippen LogP contribution in [0, 0.1) is 6.92 Å². The van der Waals surface area contributed by atoms with Gasteiger partial charge in [0, 0.05) is 13.7 Å². The van der Waals surface area contributed by atoms with Crippen molar-refractivity contribution in [2.75, 3.05) is 19.0 Å². The maximum Gasteiger partial charge on any atom is 0.348 e. The number of aromatic nitrogens is 3. The van der Waals surface area contributed by atoms with Crippen molar-refractivity contribution >= 4 is 11.9 Å². The van der Waals surface area contributed by atoms with Crippen molar-refractivity contribution in [1.29, 1.82) is 0 Å². The van der Waals surface area contributed by atoms with E-state index in [0.717, 1.165) is 0 Å². The third-order valence-corrected chi connectivity index (χ3v) is 4.54. The average molecular weight is 408 g/mol. The number of hydrogen-bond acceptors (Lipinski definition) is 7. The molecule has 0 aliphatic carbocycles. The minimum Gasteiger partial charge on any atom is -0.478 e. The summed E-state index contributed by atoms with van der Waals surface area (Å²) in [6, 6.07) is 18.2. The van der Waals surface area contributed by atoms with E-state index in [1.807, 2.05) is 67.6 Å². The Morgan fingerprint density at radius 2 is 1.60 bits per heavy atom. The van der Waals surface area contributed by atoms with Crippen LogP contribution < -0.4 is 10.1 Å². The molecule has 8 nitrogen and oxygen atoms in total. The number of aliphatic carboxylic acids is 1. The maximum absolute atomic E-state index is 12.5. The van der Waals surface area contributed by atoms with Crippen molar-refractivity contribution in [1.82, 2.24) is 15.0 Å². The summed E-state index contributed by atoms with van der Waals surface area (Å²) in [4.78, 5) is 25.0. The van der Waals surface area contributed by atoms with E-state index in [1.54, 1.807) is 14.0 Å². The molecule has 3 rings (SSSR count). The lowest BCUT2D eigenvalue weighted by atomic mass is 9.81. The van der Waals surface area contributed by atoms with E-state index in [2.05, 4.69) is 20.3 Å². The minimum absolute atomic E-state index is 0.102. The molecule has 1 unspecified atom stereocenters. The van der Waals surface area contributed by atoms with Gasteiger partial charge in [0.25, 0.3) is 0 Å². The number of benzene rings is 2. The number of carbonyl (C=O) groups is 1. The van der Waals surface area contributed by atoms with Crippen molar-refractivity contribution < 1.29 is 19.4 Å². The third-order valence-electron chi connectivity index (χ3n) is 4.54. The van der Waals surface area contributed by atoms with Crippen molar-refractivity contribution in [2.24, 2.45) is 0 Å². The second-order valence-corrected chi connectivity index (χ2v) is 6.48. The van der Waals surface area contributed by atoms with E-state index < -0.39 is 17.7 Å². The van der Waals surface area contributed by atoms with Crippen molar-refractivity contribution in [3.8, 4) is 6.01 Å². The molecule has 0 spiro atoms. The van der Waals surface area contributed by atoms with Gasteiger partial charge in [-0.3, -0.25) is 0 Å². The number of hydrogen-bond donors (Lipinski definition) is 2. The third kappa shape index (κ3) is 4.23. The summed E-state index contributed by atoms with van der Waals surface area (Å²) in [6.45, 7) is 3.75. The smallest absolute Gasteiger partial charge is 0.348 e. The Bertz CT molecular complexity index is 943. The highest BCUT2D eigenvalue weighted by molar-refractivity contribution is 5.76. The van der Waals surface area contributed by atoms with Gasteiger partial charge < -0.3 is 19.9 Å². The molecule has 3 aromatic rings. The van der Waals surface area contributed by atoms with Gasteiger partial charge in [-0.05, 0) is 25.0 Å². The Morgan fingerprint density at radius 3 is 2.07 bits per heavy atom. The van der Waals surface area contributed by atoms with Crippen LogP contribution in [0.25, 0.3) is 0 Å². The molecule has 0 aliphatic rings. The average Bonchev–Trinajstić information content (AvgIpc) is 2.76. The van der Waals surface area contributed by atoms with Gasteiger partial charge in [0.05, 0.1) is 0 Å². The van der Waals surface area contributed by atoms with Crippen LogP contribution in [-0.4, -0.2) is 45.8 Å². The Kier molecular flexibility index (Phi) is 6.58. The molecule has 0 amide bonds. The number of aryl methyl sites for hydroxylation is 1. The highest BCUT2D eigenvalue weighted by Crippen LogP contribution is 2.39. The number of nitrogens with one attached hydrogen (secondary N) is 1. The van der Waals surface area contributed by atoms with Gasteiger partial charge in [0.15, 0.2) is 5.60 Å². The molecule has 2 N–H and O–H groups in total. The van der Waals surface area contributed by atoms with Gasteiger partial charge in [0.2, 0.25) is 12.1 Å². The van der Waals surface area contributed by atoms with Gasteiger partial charge in [0.1, 0.15) is 5.82 Å². The fourth-order valence-electron chi connectivity index (χ4n) is 3.35. The standard InChI is InChI=1S/C22H24N4O4/c1-4-29-22(16-11-7-5-8-12-16,17-13-9-6-10-14-17)18(19(27)28)30-21-25-15(2)24-20(23-3)26-21/h5-14,18H,4H2,1-3H3,(H,27,28)(H,23,24,25,26). The predicted octanol–water partition coefficient (Wildman–Crippen LogP) is 3.03. The molecule has 1 atom stereocenters. The number of ether oxygens (including phenoxy) is 2. The van der Waals surface area contributed by atoms with Gasteiger partial charge >= 0.3 is 12.0 Å². The molecule has 8 heteroatoms. The van der Waals surface area contributed by atoms with Gasteiger partial charge in [-0.2, -0.15) is 15.0 Å². The number of nitrogens with zero attached hydrogens (tertiary/aromatic N) is 3. The zero-order chi connectivity index (χ0) is 21.6. The van der Waals surface area contributed by atoms with Crippen LogP contribution >= 0.6 is 0 Å². The van der Waals surface area contributed by atoms with Crippen LogP contribution in [0.5, 0.6) is 6.01 Å². The Hall–Kier alpha value is -3.52. The second kappa shape index (κ2) is 9.32. The maximum atomic E-state index is 12.5. The first kappa shape index (κ1) is 21.2. The predicted molar refractivity (Wildman–Crippen MR) is 111 cm³/mol. The molecule has 30 heavy (non-hydrogen) atoms. The molecule has 1 aromatic heterocycles. The van der Waals surface area contributed by atoms with Crippen molar-refractivity contribution in [3.05, 3.63) is 77.6 Å². The minimum atomic E-state index is -1.46. The number of carboxylic acid groups (broad SMARTS) is 1. The normalized spacial score (nSPS) is 12.2. The van der Waals surface area contributed by atoms with Crippen LogP contribution in [0.4, 0.5) is 5.95 Å². The first-order valence-electron chi connectivity index (χ1n) is 9.56. The summed E-state index contributed by atoms with van der Waals surface area (Å²) in [5.41, 5.74) is -0.140. The zero-order valence-electron chi connectivity index (χ0n) is 17.1. The molecule has 0 radical (unpaired) electrons. The van der Waals surface area contributed by atoms with E-state index in [0.29, 0.717) is 17.0 Å². The van der Waals surface area contributed by atoms with Crippen LogP contribution in [0.3, 0.4) is 0 Å². The van der Waals surface area contributed by atoms with Crippen LogP contribution in [0.2, 0.25) is 0 Å². The number of anilines is 1. The highest BCUT2D eigenvalue weighted by atomic mass is 16.6. The lowest BCUT2D eigenvalue weighted by molar-refractivity contribution is -0.163. The van der Waals surface area contributed by atoms with Crippen molar-refractivity contribution in [2.45, 2.75) is 25.6 Å². The molecule has 156 valence electrons. The topological polar surface area (TPSA) is 106 Å². The summed E-state index contributed by atoms with van der Waals surface area (Å²) >= 11 is 0. The first-order valence-corrected chi connectivity index (χ1v) is 9.56. The Morgan fingerprint density at radius 1 is 1.03 bits per heavy atom. The lowest BCUT2D eigenvalue weighted by Gasteiger charge is -2.38. The second-order valence-electron chi connectivity index (χ2n) is 6.48. The number of rotatable bonds is 9. The van der Waals surface area contributed by atoms with Crippen LogP contribution in [0.1, 0.15) is 23.9 Å². The zero-order valence-corrected chi connectivity index (χ0v) is 17.1. The van der Waals surface area contributed by atoms with E-state index in [4.69, 9.17) is 9.47 Å². The molecule has 0 saturated heterocycles. The molecular formula is C22H24N4O4. The van der Waals surface area contributed by atoms with Crippen LogP contribution in [-0.2, 0) is 15.1 Å². The molecule has 0 fully saturated rings. The Balaban J connectivity index is 2.21. The molecule has 0 bridgehead atoms. The quantitative estimate of drug-likeness (QED) is 0.556. The van der Waals surface area contributed by atoms with E-state index in [9.17, 15) is 9.90 Å². The molecular weight excluding hydrogens is 384 g/mol. The summed E-state index contributed by atoms with van der Waals surface area (Å²) in [7, 11) is 1.66. The van der Waals surface area contributed by atoms with E-state index in [1.165, 1.54) is 0 Å². The fraction of sp³-hybridized carbons (Fsp3) is 0.273. The molecule has 0 saturated carbocycles.